The van der Waals surface area contributed by atoms with Crippen LogP contribution in [0.25, 0.3) is 0 Å². The molecule has 2 rings (SSSR count). The maximum atomic E-state index is 11.9. The average molecular weight is 382 g/mol. The summed E-state index contributed by atoms with van der Waals surface area (Å²) in [6.45, 7) is 5.52. The van der Waals surface area contributed by atoms with Crippen molar-refractivity contribution in [1.82, 2.24) is 0 Å². The molecule has 0 bridgehead atoms. The van der Waals surface area contributed by atoms with E-state index in [1.54, 1.807) is 6.07 Å². The highest BCUT2D eigenvalue weighted by molar-refractivity contribution is 5.93. The molecule has 0 atom stereocenters. The lowest BCUT2D eigenvalue weighted by Gasteiger charge is -2.09. The summed E-state index contributed by atoms with van der Waals surface area (Å²) in [6.07, 6.45) is 0.645. The number of para-hydroxylation sites is 1. The molecule has 0 fully saturated rings. The minimum atomic E-state index is -0.501. The van der Waals surface area contributed by atoms with Crippen LogP contribution in [0.3, 0.4) is 0 Å². The molecule has 0 spiro atoms. The Morgan fingerprint density at radius 1 is 0.821 bits per heavy atom. The van der Waals surface area contributed by atoms with E-state index in [0.717, 1.165) is 22.4 Å². The van der Waals surface area contributed by atoms with E-state index < -0.39 is 11.9 Å². The zero-order valence-electron chi connectivity index (χ0n) is 16.5. The Bertz CT molecular complexity index is 861. The van der Waals surface area contributed by atoms with E-state index in [0.29, 0.717) is 12.1 Å². The molecule has 28 heavy (non-hydrogen) atoms. The van der Waals surface area contributed by atoms with Gasteiger partial charge in [0, 0.05) is 24.2 Å². The van der Waals surface area contributed by atoms with Crippen molar-refractivity contribution in [2.45, 2.75) is 40.0 Å². The number of hydrogen-bond acceptors (Lipinski definition) is 4. The third-order valence-electron chi connectivity index (χ3n) is 4.36. The van der Waals surface area contributed by atoms with Crippen LogP contribution in [0.5, 0.6) is 0 Å². The number of ether oxygens (including phenoxy) is 1. The Morgan fingerprint density at radius 2 is 1.57 bits per heavy atom. The van der Waals surface area contributed by atoms with Gasteiger partial charge in [0.25, 0.3) is 5.91 Å². The molecule has 0 heterocycles. The maximum Gasteiger partial charge on any atom is 0.306 e. The SMILES string of the molecule is Cc1ccc(NC(=O)COC(=O)CCCC(=O)Nc2ccccc2C)cc1C. The summed E-state index contributed by atoms with van der Waals surface area (Å²) in [5, 5.41) is 5.51. The van der Waals surface area contributed by atoms with E-state index in [9.17, 15) is 14.4 Å². The Labute approximate surface area is 165 Å². The van der Waals surface area contributed by atoms with E-state index in [1.807, 2.05) is 57.2 Å². The molecule has 0 unspecified atom stereocenters. The number of nitrogens with one attached hydrogen (secondary N) is 2. The molecule has 2 N–H and O–H groups in total. The summed E-state index contributed by atoms with van der Waals surface area (Å²) < 4.78 is 4.97. The number of benzene rings is 2. The molecule has 0 saturated heterocycles. The van der Waals surface area contributed by atoms with Gasteiger partial charge < -0.3 is 15.4 Å². The lowest BCUT2D eigenvalue weighted by molar-refractivity contribution is -0.147. The van der Waals surface area contributed by atoms with E-state index in [4.69, 9.17) is 4.74 Å². The van der Waals surface area contributed by atoms with Crippen molar-refractivity contribution < 1.29 is 19.1 Å². The van der Waals surface area contributed by atoms with Gasteiger partial charge in [-0.05, 0) is 62.1 Å². The molecule has 0 radical (unpaired) electrons. The Morgan fingerprint density at radius 3 is 2.29 bits per heavy atom. The lowest BCUT2D eigenvalue weighted by Crippen LogP contribution is -2.21. The molecule has 0 aliphatic carbocycles. The fourth-order valence-corrected chi connectivity index (χ4v) is 2.55. The van der Waals surface area contributed by atoms with Crippen molar-refractivity contribution >= 4 is 29.2 Å². The van der Waals surface area contributed by atoms with Gasteiger partial charge in [-0.3, -0.25) is 14.4 Å². The van der Waals surface area contributed by atoms with Crippen molar-refractivity contribution in [3.8, 4) is 0 Å². The van der Waals surface area contributed by atoms with Gasteiger partial charge >= 0.3 is 5.97 Å². The van der Waals surface area contributed by atoms with Crippen molar-refractivity contribution in [2.75, 3.05) is 17.2 Å². The molecule has 6 heteroatoms. The summed E-state index contributed by atoms with van der Waals surface area (Å²) >= 11 is 0. The van der Waals surface area contributed by atoms with E-state index >= 15 is 0 Å². The second-order valence-electron chi connectivity index (χ2n) is 6.72. The van der Waals surface area contributed by atoms with Crippen LogP contribution in [0.15, 0.2) is 42.5 Å². The van der Waals surface area contributed by atoms with Crippen molar-refractivity contribution in [1.29, 1.82) is 0 Å². The first-order valence-corrected chi connectivity index (χ1v) is 9.23. The second kappa shape index (κ2) is 10.3. The van der Waals surface area contributed by atoms with Gasteiger partial charge in [-0.25, -0.2) is 0 Å². The fourth-order valence-electron chi connectivity index (χ4n) is 2.55. The largest absolute Gasteiger partial charge is 0.456 e. The highest BCUT2D eigenvalue weighted by Gasteiger charge is 2.10. The standard InChI is InChI=1S/C22H26N2O4/c1-15-11-12-18(13-17(15)3)23-21(26)14-28-22(27)10-6-9-20(25)24-19-8-5-4-7-16(19)2/h4-5,7-8,11-13H,6,9-10,14H2,1-3H3,(H,23,26)(H,24,25). The molecule has 2 amide bonds. The lowest BCUT2D eigenvalue weighted by atomic mass is 10.1. The molecule has 0 aliphatic rings. The summed E-state index contributed by atoms with van der Waals surface area (Å²) in [7, 11) is 0. The highest BCUT2D eigenvalue weighted by Crippen LogP contribution is 2.15. The van der Waals surface area contributed by atoms with Crippen LogP contribution < -0.4 is 10.6 Å². The summed E-state index contributed by atoms with van der Waals surface area (Å²) in [4.78, 5) is 35.6. The van der Waals surface area contributed by atoms with Gasteiger partial charge in [-0.15, -0.1) is 0 Å². The normalized spacial score (nSPS) is 10.2. The first kappa shape index (κ1) is 21.2. The van der Waals surface area contributed by atoms with Crippen LogP contribution in [0.4, 0.5) is 11.4 Å². The molecule has 2 aromatic rings. The van der Waals surface area contributed by atoms with Crippen LogP contribution in [0, 0.1) is 20.8 Å². The van der Waals surface area contributed by atoms with Crippen molar-refractivity contribution in [3.05, 3.63) is 59.2 Å². The van der Waals surface area contributed by atoms with Crippen LogP contribution in [0.2, 0.25) is 0 Å². The number of anilines is 2. The van der Waals surface area contributed by atoms with Gasteiger partial charge in [0.2, 0.25) is 5.91 Å². The number of aryl methyl sites for hydroxylation is 3. The Hall–Kier alpha value is -3.15. The number of hydrogen-bond donors (Lipinski definition) is 2. The molecular formula is C22H26N2O4. The summed E-state index contributed by atoms with van der Waals surface area (Å²) in [5.74, 6) is -1.05. The monoisotopic (exact) mass is 382 g/mol. The first-order chi connectivity index (χ1) is 13.3. The number of esters is 1. The van der Waals surface area contributed by atoms with Gasteiger partial charge in [-0.2, -0.15) is 0 Å². The van der Waals surface area contributed by atoms with Crippen molar-refractivity contribution in [3.63, 3.8) is 0 Å². The third-order valence-corrected chi connectivity index (χ3v) is 4.36. The maximum absolute atomic E-state index is 11.9. The minimum Gasteiger partial charge on any atom is -0.456 e. The molecule has 2 aromatic carbocycles. The Balaban J connectivity index is 1.65. The molecular weight excluding hydrogens is 356 g/mol. The molecule has 0 aromatic heterocycles. The van der Waals surface area contributed by atoms with Gasteiger partial charge in [0.1, 0.15) is 0 Å². The molecule has 0 saturated carbocycles. The predicted octanol–water partition coefficient (Wildman–Crippen LogP) is 3.90. The van der Waals surface area contributed by atoms with E-state index in [-0.39, 0.29) is 25.4 Å². The summed E-state index contributed by atoms with van der Waals surface area (Å²) in [6, 6.07) is 13.1. The van der Waals surface area contributed by atoms with Crippen molar-refractivity contribution in [2.24, 2.45) is 0 Å². The zero-order chi connectivity index (χ0) is 20.5. The van der Waals surface area contributed by atoms with Crippen LogP contribution in [0.1, 0.15) is 36.0 Å². The first-order valence-electron chi connectivity index (χ1n) is 9.23. The molecule has 148 valence electrons. The van der Waals surface area contributed by atoms with Gasteiger partial charge in [0.05, 0.1) is 0 Å². The molecule has 6 nitrogen and oxygen atoms in total. The second-order valence-corrected chi connectivity index (χ2v) is 6.72. The number of amides is 2. The van der Waals surface area contributed by atoms with Crippen LogP contribution in [-0.2, 0) is 19.1 Å². The van der Waals surface area contributed by atoms with E-state index in [2.05, 4.69) is 10.6 Å². The highest BCUT2D eigenvalue weighted by atomic mass is 16.5. The third kappa shape index (κ3) is 6.87. The predicted molar refractivity (Wildman–Crippen MR) is 109 cm³/mol. The van der Waals surface area contributed by atoms with Crippen LogP contribution >= 0.6 is 0 Å². The molecule has 0 aliphatic heterocycles. The number of carbonyl (C=O) groups excluding carboxylic acids is 3. The Kier molecular flexibility index (Phi) is 7.75. The van der Waals surface area contributed by atoms with Crippen LogP contribution in [-0.4, -0.2) is 24.4 Å². The smallest absolute Gasteiger partial charge is 0.306 e. The minimum absolute atomic E-state index is 0.0815. The average Bonchev–Trinajstić information content (AvgIpc) is 2.65. The van der Waals surface area contributed by atoms with Gasteiger partial charge in [0.15, 0.2) is 6.61 Å². The topological polar surface area (TPSA) is 84.5 Å². The quantitative estimate of drug-likeness (QED) is 0.678. The number of rotatable bonds is 8. The van der Waals surface area contributed by atoms with E-state index in [1.165, 1.54) is 0 Å². The fraction of sp³-hybridized carbons (Fsp3) is 0.318. The van der Waals surface area contributed by atoms with Gasteiger partial charge in [-0.1, -0.05) is 24.3 Å². The number of carbonyl (C=O) groups is 3. The zero-order valence-corrected chi connectivity index (χ0v) is 16.5. The summed E-state index contributed by atoms with van der Waals surface area (Å²) in [5.41, 5.74) is 4.61.